The number of furan rings is 1. The van der Waals surface area contributed by atoms with Gasteiger partial charge in [-0.25, -0.2) is 0 Å². The molecule has 0 saturated heterocycles. The lowest BCUT2D eigenvalue weighted by Crippen LogP contribution is -2.05. The van der Waals surface area contributed by atoms with E-state index in [1.807, 2.05) is 52.9 Å². The Morgan fingerprint density at radius 2 is 1.90 bits per heavy atom. The third-order valence-electron chi connectivity index (χ3n) is 4.03. The van der Waals surface area contributed by atoms with Gasteiger partial charge in [0, 0.05) is 23.7 Å². The van der Waals surface area contributed by atoms with Gasteiger partial charge in [-0.3, -0.25) is 9.48 Å². The summed E-state index contributed by atoms with van der Waals surface area (Å²) < 4.78 is 7.53. The Labute approximate surface area is 123 Å². The molecule has 0 aliphatic carbocycles. The van der Waals surface area contributed by atoms with E-state index < -0.39 is 0 Å². The first-order valence-corrected chi connectivity index (χ1v) is 6.94. The number of rotatable bonds is 2. The number of carbonyl (C=O) groups is 1. The molecule has 0 aliphatic heterocycles. The van der Waals surface area contributed by atoms with Gasteiger partial charge in [0.25, 0.3) is 0 Å². The van der Waals surface area contributed by atoms with Crippen LogP contribution in [0.5, 0.6) is 0 Å². The number of fused-ring (bicyclic) bond motifs is 1. The van der Waals surface area contributed by atoms with Crippen molar-refractivity contribution in [2.45, 2.75) is 27.7 Å². The lowest BCUT2D eigenvalue weighted by atomic mass is 10.0. The topological polar surface area (TPSA) is 48.0 Å². The minimum atomic E-state index is -0.0931. The molecule has 2 heterocycles. The molecule has 108 valence electrons. The highest BCUT2D eigenvalue weighted by atomic mass is 16.3. The Balaban J connectivity index is 2.20. The lowest BCUT2D eigenvalue weighted by Gasteiger charge is -2.00. The summed E-state index contributed by atoms with van der Waals surface area (Å²) in [5, 5.41) is 5.31. The smallest absolute Gasteiger partial charge is 0.232 e. The fourth-order valence-corrected chi connectivity index (χ4v) is 2.77. The van der Waals surface area contributed by atoms with Crippen molar-refractivity contribution < 1.29 is 9.21 Å². The van der Waals surface area contributed by atoms with Crippen LogP contribution in [0.1, 0.15) is 38.6 Å². The van der Waals surface area contributed by atoms with Crippen molar-refractivity contribution in [3.63, 3.8) is 0 Å². The molecule has 0 atom stereocenters. The third kappa shape index (κ3) is 1.98. The molecular weight excluding hydrogens is 264 g/mol. The average Bonchev–Trinajstić information content (AvgIpc) is 2.88. The Morgan fingerprint density at radius 1 is 1.19 bits per heavy atom. The minimum Gasteiger partial charge on any atom is -0.452 e. The van der Waals surface area contributed by atoms with Crippen LogP contribution in [0.25, 0.3) is 11.0 Å². The summed E-state index contributed by atoms with van der Waals surface area (Å²) in [6.45, 7) is 7.71. The van der Waals surface area contributed by atoms with Crippen molar-refractivity contribution in [2.75, 3.05) is 0 Å². The van der Waals surface area contributed by atoms with Crippen LogP contribution < -0.4 is 0 Å². The molecule has 2 aromatic heterocycles. The van der Waals surface area contributed by atoms with E-state index in [0.717, 1.165) is 33.5 Å². The zero-order valence-corrected chi connectivity index (χ0v) is 12.9. The lowest BCUT2D eigenvalue weighted by molar-refractivity contribution is 0.101. The molecule has 0 bridgehead atoms. The quantitative estimate of drug-likeness (QED) is 0.674. The van der Waals surface area contributed by atoms with Crippen molar-refractivity contribution in [1.82, 2.24) is 9.78 Å². The molecule has 1 aromatic carbocycles. The molecule has 4 nitrogen and oxygen atoms in total. The van der Waals surface area contributed by atoms with E-state index in [1.54, 1.807) is 4.68 Å². The second-order valence-corrected chi connectivity index (χ2v) is 5.55. The summed E-state index contributed by atoms with van der Waals surface area (Å²) in [6, 6.07) is 5.95. The van der Waals surface area contributed by atoms with Crippen LogP contribution in [-0.2, 0) is 7.05 Å². The highest BCUT2D eigenvalue weighted by Crippen LogP contribution is 2.29. The van der Waals surface area contributed by atoms with Gasteiger partial charge >= 0.3 is 0 Å². The first kappa shape index (κ1) is 13.6. The number of benzene rings is 1. The number of aromatic nitrogens is 2. The fourth-order valence-electron chi connectivity index (χ4n) is 2.77. The highest BCUT2D eigenvalue weighted by molar-refractivity contribution is 6.11. The number of aryl methyl sites for hydroxylation is 4. The molecule has 3 aromatic rings. The SMILES string of the molecule is Cc1ccc2oc(C(=O)c3c(C)nn(C)c3C)c(C)c2c1. The molecule has 4 heteroatoms. The molecule has 0 fully saturated rings. The molecule has 0 radical (unpaired) electrons. The van der Waals surface area contributed by atoms with Gasteiger partial charge in [0.2, 0.25) is 5.78 Å². The second-order valence-electron chi connectivity index (χ2n) is 5.55. The van der Waals surface area contributed by atoms with Crippen molar-refractivity contribution in [3.05, 3.63) is 52.0 Å². The summed E-state index contributed by atoms with van der Waals surface area (Å²) in [5.74, 6) is 0.319. The number of hydrogen-bond acceptors (Lipinski definition) is 3. The first-order chi connectivity index (χ1) is 9.90. The van der Waals surface area contributed by atoms with E-state index in [4.69, 9.17) is 4.42 Å². The first-order valence-electron chi connectivity index (χ1n) is 6.94. The standard InChI is InChI=1S/C17H18N2O2/c1-9-6-7-14-13(8-9)10(2)17(21-14)16(20)15-11(3)18-19(5)12(15)4/h6-8H,1-5H3. The van der Waals surface area contributed by atoms with Crippen LogP contribution in [0.2, 0.25) is 0 Å². The van der Waals surface area contributed by atoms with Crippen LogP contribution in [-0.4, -0.2) is 15.6 Å². The van der Waals surface area contributed by atoms with Crippen LogP contribution in [0.3, 0.4) is 0 Å². The average molecular weight is 282 g/mol. The molecule has 0 aliphatic rings. The summed E-state index contributed by atoms with van der Waals surface area (Å²) in [5.41, 5.74) is 5.02. The number of hydrogen-bond donors (Lipinski definition) is 0. The van der Waals surface area contributed by atoms with Crippen LogP contribution in [0.4, 0.5) is 0 Å². The van der Waals surface area contributed by atoms with Crippen LogP contribution in [0, 0.1) is 27.7 Å². The van der Waals surface area contributed by atoms with E-state index in [2.05, 4.69) is 5.10 Å². The van der Waals surface area contributed by atoms with E-state index in [9.17, 15) is 4.79 Å². The minimum absolute atomic E-state index is 0.0931. The Bertz CT molecular complexity index is 869. The summed E-state index contributed by atoms with van der Waals surface area (Å²) in [4.78, 5) is 12.8. The van der Waals surface area contributed by atoms with Gasteiger partial charge in [-0.15, -0.1) is 0 Å². The zero-order valence-electron chi connectivity index (χ0n) is 12.9. The van der Waals surface area contributed by atoms with Crippen molar-refractivity contribution in [1.29, 1.82) is 0 Å². The van der Waals surface area contributed by atoms with Gasteiger partial charge in [0.15, 0.2) is 5.76 Å². The van der Waals surface area contributed by atoms with Gasteiger partial charge in [0.1, 0.15) is 5.58 Å². The Morgan fingerprint density at radius 3 is 2.52 bits per heavy atom. The van der Waals surface area contributed by atoms with Gasteiger partial charge in [-0.05, 0) is 39.8 Å². The van der Waals surface area contributed by atoms with Gasteiger partial charge in [0.05, 0.1) is 11.3 Å². The maximum Gasteiger partial charge on any atom is 0.232 e. The molecule has 0 N–H and O–H groups in total. The van der Waals surface area contributed by atoms with E-state index in [1.165, 1.54) is 0 Å². The Hall–Kier alpha value is -2.36. The molecule has 0 spiro atoms. The normalized spacial score (nSPS) is 11.3. The maximum absolute atomic E-state index is 12.8. The van der Waals surface area contributed by atoms with Crippen molar-refractivity contribution >= 4 is 16.8 Å². The summed E-state index contributed by atoms with van der Waals surface area (Å²) in [6.07, 6.45) is 0. The number of nitrogens with zero attached hydrogens (tertiary/aromatic N) is 2. The predicted octanol–water partition coefficient (Wildman–Crippen LogP) is 3.63. The monoisotopic (exact) mass is 282 g/mol. The third-order valence-corrected chi connectivity index (χ3v) is 4.03. The predicted molar refractivity (Wildman–Crippen MR) is 81.8 cm³/mol. The zero-order chi connectivity index (χ0) is 15.3. The molecule has 21 heavy (non-hydrogen) atoms. The maximum atomic E-state index is 12.8. The molecule has 0 amide bonds. The highest BCUT2D eigenvalue weighted by Gasteiger charge is 2.24. The van der Waals surface area contributed by atoms with Gasteiger partial charge in [-0.2, -0.15) is 5.10 Å². The summed E-state index contributed by atoms with van der Waals surface area (Å²) in [7, 11) is 1.84. The molecule has 3 rings (SSSR count). The van der Waals surface area contributed by atoms with Gasteiger partial charge < -0.3 is 4.42 Å². The summed E-state index contributed by atoms with van der Waals surface area (Å²) >= 11 is 0. The van der Waals surface area contributed by atoms with E-state index in [-0.39, 0.29) is 5.78 Å². The second kappa shape index (κ2) is 4.58. The van der Waals surface area contributed by atoms with Gasteiger partial charge in [-0.1, -0.05) is 11.6 Å². The fraction of sp³-hybridized carbons (Fsp3) is 0.294. The van der Waals surface area contributed by atoms with Crippen molar-refractivity contribution in [3.8, 4) is 0 Å². The van der Waals surface area contributed by atoms with Crippen LogP contribution in [0.15, 0.2) is 22.6 Å². The van der Waals surface area contributed by atoms with Crippen LogP contribution >= 0.6 is 0 Å². The van der Waals surface area contributed by atoms with Crippen molar-refractivity contribution in [2.24, 2.45) is 7.05 Å². The molecular formula is C17H18N2O2. The number of ketones is 1. The van der Waals surface area contributed by atoms with E-state index in [0.29, 0.717) is 11.3 Å². The Kier molecular flexibility index (Phi) is 2.97. The largest absolute Gasteiger partial charge is 0.452 e. The van der Waals surface area contributed by atoms with E-state index >= 15 is 0 Å². The number of carbonyl (C=O) groups excluding carboxylic acids is 1. The molecule has 0 saturated carbocycles. The molecule has 0 unspecified atom stereocenters.